The lowest BCUT2D eigenvalue weighted by Gasteiger charge is -2.29. The Bertz CT molecular complexity index is 790. The van der Waals surface area contributed by atoms with E-state index in [9.17, 15) is 28.1 Å². The van der Waals surface area contributed by atoms with Crippen molar-refractivity contribution in [1.82, 2.24) is 19.5 Å². The fourth-order valence-electron chi connectivity index (χ4n) is 2.47. The lowest BCUT2D eigenvalue weighted by molar-refractivity contribution is -0.391. The van der Waals surface area contributed by atoms with Crippen molar-refractivity contribution in [3.8, 4) is 0 Å². The minimum absolute atomic E-state index is 0.0209. The second-order valence-electron chi connectivity index (χ2n) is 5.52. The van der Waals surface area contributed by atoms with Crippen molar-refractivity contribution < 1.29 is 22.9 Å². The maximum atomic E-state index is 12.7. The van der Waals surface area contributed by atoms with Crippen LogP contribution in [0, 0.1) is 10.1 Å². The van der Waals surface area contributed by atoms with E-state index in [2.05, 4.69) is 10.1 Å². The van der Waals surface area contributed by atoms with E-state index in [0.717, 1.165) is 15.6 Å². The molecule has 11 heteroatoms. The van der Waals surface area contributed by atoms with Crippen molar-refractivity contribution in [3.05, 3.63) is 34.1 Å². The van der Waals surface area contributed by atoms with Crippen LogP contribution in [-0.4, -0.2) is 49.1 Å². The number of amides is 1. The number of hydrogen-bond acceptors (Lipinski definition) is 5. The highest BCUT2D eigenvalue weighted by Gasteiger charge is 2.43. The minimum atomic E-state index is -4.95. The van der Waals surface area contributed by atoms with Crippen molar-refractivity contribution in [1.29, 1.82) is 0 Å². The number of halogens is 3. The van der Waals surface area contributed by atoms with Crippen LogP contribution >= 0.6 is 0 Å². The van der Waals surface area contributed by atoms with Crippen molar-refractivity contribution >= 4 is 17.4 Å². The average molecular weight is 359 g/mol. The molecule has 0 aliphatic rings. The summed E-state index contributed by atoms with van der Waals surface area (Å²) in [5, 5.41) is 15.0. The summed E-state index contributed by atoms with van der Waals surface area (Å²) in [5.74, 6) is -2.25. The molecule has 0 bridgehead atoms. The predicted octanol–water partition coefficient (Wildman–Crippen LogP) is 2.37. The summed E-state index contributed by atoms with van der Waals surface area (Å²) in [5.41, 5.74) is 0.567. The first kappa shape index (κ1) is 18.6. The fourth-order valence-corrected chi connectivity index (χ4v) is 2.47. The van der Waals surface area contributed by atoms with Gasteiger partial charge in [0.1, 0.15) is 6.20 Å². The van der Waals surface area contributed by atoms with Crippen LogP contribution in [0.5, 0.6) is 0 Å². The molecule has 0 unspecified atom stereocenters. The highest BCUT2D eigenvalue weighted by molar-refractivity contribution is 5.82. The van der Waals surface area contributed by atoms with Gasteiger partial charge in [-0.15, -0.1) is 0 Å². The molecule has 0 radical (unpaired) electrons. The summed E-state index contributed by atoms with van der Waals surface area (Å²) in [6.45, 7) is 3.10. The predicted molar refractivity (Wildman–Crippen MR) is 80.9 cm³/mol. The lowest BCUT2D eigenvalue weighted by Crippen LogP contribution is -2.47. The van der Waals surface area contributed by atoms with E-state index in [1.165, 1.54) is 19.1 Å². The first-order chi connectivity index (χ1) is 11.6. The van der Waals surface area contributed by atoms with Gasteiger partial charge in [-0.05, 0) is 24.3 Å². The molecule has 0 spiro atoms. The van der Waals surface area contributed by atoms with E-state index in [4.69, 9.17) is 0 Å². The third-order valence-electron chi connectivity index (χ3n) is 3.59. The lowest BCUT2D eigenvalue weighted by atomic mass is 10.1. The van der Waals surface area contributed by atoms with E-state index in [-0.39, 0.29) is 24.4 Å². The molecule has 2 heterocycles. The summed E-state index contributed by atoms with van der Waals surface area (Å²) in [4.78, 5) is 26.4. The van der Waals surface area contributed by atoms with Gasteiger partial charge in [0.2, 0.25) is 5.65 Å². The zero-order valence-electron chi connectivity index (χ0n) is 13.5. The zero-order valence-corrected chi connectivity index (χ0v) is 13.5. The number of hydrogen-bond donors (Lipinski definition) is 0. The quantitative estimate of drug-likeness (QED) is 0.583. The van der Waals surface area contributed by atoms with Gasteiger partial charge in [0.05, 0.1) is 5.69 Å². The van der Waals surface area contributed by atoms with Crippen molar-refractivity contribution in [2.45, 2.75) is 38.9 Å². The number of carbonyl (C=O) groups is 1. The summed E-state index contributed by atoms with van der Waals surface area (Å²) in [6.07, 6.45) is -3.52. The molecule has 8 nitrogen and oxygen atoms in total. The van der Waals surface area contributed by atoms with Gasteiger partial charge in [-0.2, -0.15) is 13.2 Å². The Morgan fingerprint density at radius 2 is 2.12 bits per heavy atom. The van der Waals surface area contributed by atoms with E-state index in [1.807, 2.05) is 0 Å². The van der Waals surface area contributed by atoms with Gasteiger partial charge < -0.3 is 15.0 Å². The number of imidazole rings is 1. The molecule has 2 aromatic rings. The van der Waals surface area contributed by atoms with Crippen LogP contribution in [0.25, 0.3) is 5.65 Å². The Morgan fingerprint density at radius 3 is 2.68 bits per heavy atom. The highest BCUT2D eigenvalue weighted by Crippen LogP contribution is 2.22. The van der Waals surface area contributed by atoms with Crippen molar-refractivity contribution in [3.63, 3.8) is 0 Å². The maximum absolute atomic E-state index is 12.7. The summed E-state index contributed by atoms with van der Waals surface area (Å²) >= 11 is 0. The Morgan fingerprint density at radius 1 is 1.44 bits per heavy atom. The second kappa shape index (κ2) is 7.03. The van der Waals surface area contributed by atoms with Crippen LogP contribution in [0.15, 0.2) is 18.3 Å². The molecule has 1 atom stereocenters. The molecular formula is C14H16F3N5O3. The van der Waals surface area contributed by atoms with Crippen LogP contribution in [0.4, 0.5) is 19.0 Å². The number of aromatic nitrogens is 3. The molecule has 0 fully saturated rings. The first-order valence-electron chi connectivity index (χ1n) is 7.51. The fraction of sp³-hybridized carbons (Fsp3) is 0.500. The number of rotatable bonds is 6. The highest BCUT2D eigenvalue weighted by atomic mass is 19.4. The molecule has 0 saturated carbocycles. The van der Waals surface area contributed by atoms with Crippen LogP contribution in [0.1, 0.15) is 26.0 Å². The van der Waals surface area contributed by atoms with Crippen molar-refractivity contribution in [2.75, 3.05) is 6.54 Å². The zero-order chi connectivity index (χ0) is 18.8. The average Bonchev–Trinajstić information content (AvgIpc) is 2.94. The van der Waals surface area contributed by atoms with Crippen molar-refractivity contribution in [2.24, 2.45) is 0 Å². The summed E-state index contributed by atoms with van der Waals surface area (Å²) in [7, 11) is 0. The van der Waals surface area contributed by atoms with Gasteiger partial charge in [-0.3, -0.25) is 4.79 Å². The summed E-state index contributed by atoms with van der Waals surface area (Å²) in [6, 6.07) is 2.23. The van der Waals surface area contributed by atoms with E-state index in [0.29, 0.717) is 12.1 Å². The van der Waals surface area contributed by atoms with Crippen LogP contribution in [-0.2, 0) is 11.2 Å². The number of nitro groups is 1. The first-order valence-corrected chi connectivity index (χ1v) is 7.51. The number of alkyl halides is 3. The van der Waals surface area contributed by atoms with E-state index >= 15 is 0 Å². The molecule has 1 amide bonds. The maximum Gasteiger partial charge on any atom is 0.471 e. The number of nitrogens with zero attached hydrogens (tertiary/aromatic N) is 5. The van der Waals surface area contributed by atoms with E-state index < -0.39 is 23.0 Å². The third kappa shape index (κ3) is 4.03. The molecule has 136 valence electrons. The van der Waals surface area contributed by atoms with Gasteiger partial charge in [0.25, 0.3) is 0 Å². The normalized spacial score (nSPS) is 13.0. The molecule has 0 aliphatic heterocycles. The van der Waals surface area contributed by atoms with Crippen LogP contribution in [0.2, 0.25) is 0 Å². The smallest absolute Gasteiger partial charge is 0.358 e. The number of carbonyl (C=O) groups excluding carboxylic acids is 1. The van der Waals surface area contributed by atoms with Gasteiger partial charge >= 0.3 is 17.9 Å². The molecule has 0 N–H and O–H groups in total. The van der Waals surface area contributed by atoms with Crippen LogP contribution in [0.3, 0.4) is 0 Å². The molecular weight excluding hydrogens is 343 g/mol. The monoisotopic (exact) mass is 359 g/mol. The molecule has 0 aliphatic carbocycles. The molecule has 2 rings (SSSR count). The topological polar surface area (TPSA) is 93.6 Å². The largest absolute Gasteiger partial charge is 0.471 e. The van der Waals surface area contributed by atoms with Gasteiger partial charge in [0.15, 0.2) is 0 Å². The Kier molecular flexibility index (Phi) is 5.24. The number of fused-ring (bicyclic) bond motifs is 1. The standard InChI is InChI=1S/C14H16F3N5O3/c1-3-6-20(13(23)14(15,16)17)9(2)7-10-4-5-11-18-8-12(22(24)25)21(11)19-10/h4-5,8-9H,3,6-7H2,1-2H3/t9-/m1/s1. The van der Waals surface area contributed by atoms with Gasteiger partial charge in [-0.1, -0.05) is 16.5 Å². The van der Waals surface area contributed by atoms with Gasteiger partial charge in [-0.25, -0.2) is 4.98 Å². The molecule has 25 heavy (non-hydrogen) atoms. The Labute approximate surface area is 140 Å². The van der Waals surface area contributed by atoms with Crippen LogP contribution < -0.4 is 0 Å². The molecule has 2 aromatic heterocycles. The van der Waals surface area contributed by atoms with E-state index in [1.54, 1.807) is 6.92 Å². The third-order valence-corrected chi connectivity index (χ3v) is 3.59. The SMILES string of the molecule is CCCN(C(=O)C(F)(F)F)[C@H](C)Cc1ccc2ncc([N+](=O)[O-])n2n1. The molecule has 0 saturated heterocycles. The van der Waals surface area contributed by atoms with Gasteiger partial charge in [0, 0.05) is 25.1 Å². The minimum Gasteiger partial charge on any atom is -0.358 e. The Balaban J connectivity index is 2.27. The second-order valence-corrected chi connectivity index (χ2v) is 5.52. The molecule has 0 aromatic carbocycles. The Hall–Kier alpha value is -2.72. The summed E-state index contributed by atoms with van der Waals surface area (Å²) < 4.78 is 39.2.